The number of nitrogens with zero attached hydrogens (tertiary/aromatic N) is 4. The predicted octanol–water partition coefficient (Wildman–Crippen LogP) is 0.697. The number of benzene rings is 1. The molecule has 1 aromatic carbocycles. The summed E-state index contributed by atoms with van der Waals surface area (Å²) in [5.41, 5.74) is 1.11. The number of rotatable bonds is 6. The van der Waals surface area contributed by atoms with Gasteiger partial charge < -0.3 is 24.7 Å². The van der Waals surface area contributed by atoms with Crippen molar-refractivity contribution in [1.29, 1.82) is 0 Å². The van der Waals surface area contributed by atoms with E-state index in [-0.39, 0.29) is 12.6 Å². The molecule has 3 aromatic rings. The fourth-order valence-corrected chi connectivity index (χ4v) is 3.08. The zero-order valence-corrected chi connectivity index (χ0v) is 15.8. The number of aromatic nitrogens is 4. The van der Waals surface area contributed by atoms with Gasteiger partial charge >= 0.3 is 6.01 Å². The lowest BCUT2D eigenvalue weighted by Gasteiger charge is -2.26. The Labute approximate surface area is 166 Å². The summed E-state index contributed by atoms with van der Waals surface area (Å²) < 4.78 is 10.5. The van der Waals surface area contributed by atoms with Crippen molar-refractivity contribution in [3.05, 3.63) is 41.9 Å². The van der Waals surface area contributed by atoms with Gasteiger partial charge in [-0.15, -0.1) is 0 Å². The average molecular weight is 396 g/mol. The average Bonchev–Trinajstić information content (AvgIpc) is 3.21. The molecule has 2 aromatic heterocycles. The molecular formula is C19H20N6O4. The molecule has 10 nitrogen and oxygen atoms in total. The van der Waals surface area contributed by atoms with E-state index >= 15 is 0 Å². The number of hydrogen-bond acceptors (Lipinski definition) is 8. The maximum atomic E-state index is 12.5. The normalized spacial score (nSPS) is 14.0. The minimum atomic E-state index is -0.734. The molecule has 29 heavy (non-hydrogen) atoms. The smallest absolute Gasteiger partial charge is 0.321 e. The first-order valence-electron chi connectivity index (χ1n) is 9.16. The van der Waals surface area contributed by atoms with E-state index in [2.05, 4.69) is 25.3 Å². The second-order valence-electron chi connectivity index (χ2n) is 6.40. The molecular weight excluding hydrogens is 376 g/mol. The third kappa shape index (κ3) is 4.02. The molecule has 0 bridgehead atoms. The third-order valence-corrected chi connectivity index (χ3v) is 4.57. The molecule has 0 saturated carbocycles. The van der Waals surface area contributed by atoms with Crippen molar-refractivity contribution >= 4 is 28.5 Å². The van der Waals surface area contributed by atoms with Crippen LogP contribution in [0.5, 0.6) is 6.01 Å². The monoisotopic (exact) mass is 396 g/mol. The minimum Gasteiger partial charge on any atom is -0.467 e. The number of ketones is 1. The highest BCUT2D eigenvalue weighted by molar-refractivity contribution is 6.44. The zero-order chi connectivity index (χ0) is 20.2. The van der Waals surface area contributed by atoms with E-state index in [1.54, 1.807) is 6.07 Å². The van der Waals surface area contributed by atoms with Crippen LogP contribution in [-0.4, -0.2) is 65.0 Å². The molecule has 0 radical (unpaired) electrons. The van der Waals surface area contributed by atoms with Crippen LogP contribution in [0.25, 0.3) is 10.9 Å². The number of H-pyrrole nitrogens is 1. The molecule has 0 aliphatic carbocycles. The Hall–Kier alpha value is -3.53. The Balaban J connectivity index is 1.47. The number of nitrogens with one attached hydrogen (secondary N) is 2. The summed E-state index contributed by atoms with van der Waals surface area (Å²) in [4.78, 5) is 42.7. The molecule has 1 aliphatic rings. The largest absolute Gasteiger partial charge is 0.467 e. The number of morpholine rings is 1. The number of carbonyl (C=O) groups is 2. The van der Waals surface area contributed by atoms with Crippen LogP contribution in [-0.2, 0) is 16.1 Å². The molecule has 1 saturated heterocycles. The Kier molecular flexibility index (Phi) is 5.34. The van der Waals surface area contributed by atoms with E-state index < -0.39 is 11.7 Å². The topological polar surface area (TPSA) is 122 Å². The number of amides is 1. The van der Waals surface area contributed by atoms with Gasteiger partial charge in [0.1, 0.15) is 0 Å². The van der Waals surface area contributed by atoms with Gasteiger partial charge in [-0.25, -0.2) is 0 Å². The third-order valence-electron chi connectivity index (χ3n) is 4.57. The summed E-state index contributed by atoms with van der Waals surface area (Å²) in [6, 6.07) is 7.45. The lowest BCUT2D eigenvalue weighted by atomic mass is 10.1. The van der Waals surface area contributed by atoms with Crippen molar-refractivity contribution in [3.8, 4) is 6.01 Å². The summed E-state index contributed by atoms with van der Waals surface area (Å²) >= 11 is 0. The van der Waals surface area contributed by atoms with Crippen LogP contribution in [0.1, 0.15) is 16.2 Å². The number of anilines is 1. The predicted molar refractivity (Wildman–Crippen MR) is 104 cm³/mol. The van der Waals surface area contributed by atoms with Gasteiger partial charge in [0.25, 0.3) is 11.7 Å². The van der Waals surface area contributed by atoms with Crippen LogP contribution < -0.4 is 15.0 Å². The number of Topliss-reactive ketones (excluding diaryl/α,β-unsaturated/α-hetero) is 1. The van der Waals surface area contributed by atoms with E-state index in [1.807, 2.05) is 23.1 Å². The van der Waals surface area contributed by atoms with Gasteiger partial charge in [-0.05, 0) is 6.07 Å². The fraction of sp³-hybridized carbons (Fsp3) is 0.316. The van der Waals surface area contributed by atoms with Crippen LogP contribution in [0, 0.1) is 0 Å². The molecule has 0 spiro atoms. The van der Waals surface area contributed by atoms with Crippen LogP contribution in [0.2, 0.25) is 0 Å². The van der Waals surface area contributed by atoms with Crippen molar-refractivity contribution in [2.75, 3.05) is 38.3 Å². The van der Waals surface area contributed by atoms with Crippen molar-refractivity contribution in [1.82, 2.24) is 25.3 Å². The summed E-state index contributed by atoms with van der Waals surface area (Å²) in [6.45, 7) is 2.44. The van der Waals surface area contributed by atoms with Gasteiger partial charge in [0.05, 0.1) is 32.4 Å². The second-order valence-corrected chi connectivity index (χ2v) is 6.40. The van der Waals surface area contributed by atoms with E-state index in [4.69, 9.17) is 9.47 Å². The zero-order valence-electron chi connectivity index (χ0n) is 15.8. The molecule has 150 valence electrons. The summed E-state index contributed by atoms with van der Waals surface area (Å²) in [5, 5.41) is 3.28. The van der Waals surface area contributed by atoms with Gasteiger partial charge in [-0.1, -0.05) is 18.2 Å². The fourth-order valence-electron chi connectivity index (χ4n) is 3.08. The molecule has 4 rings (SSSR count). The molecule has 0 atom stereocenters. The highest BCUT2D eigenvalue weighted by atomic mass is 16.5. The lowest BCUT2D eigenvalue weighted by molar-refractivity contribution is -0.117. The summed E-state index contributed by atoms with van der Waals surface area (Å²) in [6.07, 6.45) is 1.54. The summed E-state index contributed by atoms with van der Waals surface area (Å²) in [7, 11) is 1.46. The van der Waals surface area contributed by atoms with Gasteiger partial charge in [0, 0.05) is 30.2 Å². The standard InChI is InChI=1S/C19H20N6O4/c1-28-19-23-15(22-18(24-19)25-6-8-29-9-7-25)11-21-17(27)16(26)13-10-20-14-5-3-2-4-12(13)14/h2-5,10,20H,6-9,11H2,1H3,(H,21,27). The molecule has 10 heteroatoms. The van der Waals surface area contributed by atoms with E-state index in [9.17, 15) is 9.59 Å². The number of ether oxygens (including phenoxy) is 2. The van der Waals surface area contributed by atoms with Crippen molar-refractivity contribution < 1.29 is 19.1 Å². The first-order valence-corrected chi connectivity index (χ1v) is 9.16. The first-order chi connectivity index (χ1) is 14.2. The molecule has 0 unspecified atom stereocenters. The Morgan fingerprint density at radius 1 is 1.21 bits per heavy atom. The quantitative estimate of drug-likeness (QED) is 0.461. The van der Waals surface area contributed by atoms with Gasteiger partial charge in [0.2, 0.25) is 5.95 Å². The molecule has 1 amide bonds. The van der Waals surface area contributed by atoms with Crippen molar-refractivity contribution in [2.45, 2.75) is 6.54 Å². The Bertz CT molecular complexity index is 1040. The van der Waals surface area contributed by atoms with Crippen molar-refractivity contribution in [3.63, 3.8) is 0 Å². The SMILES string of the molecule is COc1nc(CNC(=O)C(=O)c2c[nH]c3ccccc23)nc(N2CCOCC2)n1. The molecule has 1 fully saturated rings. The number of hydrogen-bond donors (Lipinski definition) is 2. The van der Waals surface area contributed by atoms with Crippen LogP contribution in [0.4, 0.5) is 5.95 Å². The minimum absolute atomic E-state index is 0.0247. The van der Waals surface area contributed by atoms with Gasteiger partial charge in [-0.2, -0.15) is 15.0 Å². The Morgan fingerprint density at radius 2 is 2.00 bits per heavy atom. The first kappa shape index (κ1) is 18.8. The van der Waals surface area contributed by atoms with E-state index in [0.717, 1.165) is 5.52 Å². The second kappa shape index (κ2) is 8.23. The summed E-state index contributed by atoms with van der Waals surface area (Å²) in [5.74, 6) is -0.607. The molecule has 1 aliphatic heterocycles. The van der Waals surface area contributed by atoms with Crippen LogP contribution in [0.15, 0.2) is 30.5 Å². The highest BCUT2D eigenvalue weighted by Gasteiger charge is 2.21. The highest BCUT2D eigenvalue weighted by Crippen LogP contribution is 2.18. The maximum Gasteiger partial charge on any atom is 0.321 e. The van der Waals surface area contributed by atoms with Crippen LogP contribution in [0.3, 0.4) is 0 Å². The van der Waals surface area contributed by atoms with Crippen molar-refractivity contribution in [2.24, 2.45) is 0 Å². The molecule has 3 heterocycles. The lowest BCUT2D eigenvalue weighted by Crippen LogP contribution is -2.38. The Morgan fingerprint density at radius 3 is 2.79 bits per heavy atom. The number of carbonyl (C=O) groups excluding carboxylic acids is 2. The number of fused-ring (bicyclic) bond motifs is 1. The maximum absolute atomic E-state index is 12.5. The van der Waals surface area contributed by atoms with E-state index in [1.165, 1.54) is 13.3 Å². The number of para-hydroxylation sites is 1. The van der Waals surface area contributed by atoms with Gasteiger partial charge in [0.15, 0.2) is 5.82 Å². The van der Waals surface area contributed by atoms with Gasteiger partial charge in [-0.3, -0.25) is 9.59 Å². The molecule has 2 N–H and O–H groups in total. The van der Waals surface area contributed by atoms with Crippen LogP contribution >= 0.6 is 0 Å². The number of aromatic amines is 1. The van der Waals surface area contributed by atoms with E-state index in [0.29, 0.717) is 49.0 Å². The number of methoxy groups -OCH3 is 1.